The Morgan fingerprint density at radius 2 is 1.95 bits per heavy atom. The Morgan fingerprint density at radius 3 is 2.74 bits per heavy atom. The summed E-state index contributed by atoms with van der Waals surface area (Å²) in [6.07, 6.45) is 1.35. The number of aromatic nitrogens is 3. The molecular formula is C13H10N4O2. The number of nitrogens with zero attached hydrogens (tertiary/aromatic N) is 2. The van der Waals surface area contributed by atoms with Gasteiger partial charge in [0.15, 0.2) is 5.69 Å². The van der Waals surface area contributed by atoms with Crippen LogP contribution in [0.1, 0.15) is 10.5 Å². The van der Waals surface area contributed by atoms with Gasteiger partial charge < -0.3 is 10.4 Å². The highest BCUT2D eigenvalue weighted by molar-refractivity contribution is 6.08. The number of rotatable bonds is 2. The molecular weight excluding hydrogens is 244 g/mol. The largest absolute Gasteiger partial charge is 0.507 e. The van der Waals surface area contributed by atoms with Crippen LogP contribution in [0.4, 0.5) is 5.69 Å². The number of phenols is 1. The summed E-state index contributed by atoms with van der Waals surface area (Å²) < 4.78 is 0. The van der Waals surface area contributed by atoms with E-state index >= 15 is 0 Å². The molecule has 2 aromatic carbocycles. The summed E-state index contributed by atoms with van der Waals surface area (Å²) in [6.45, 7) is 0. The van der Waals surface area contributed by atoms with Crippen molar-refractivity contribution in [1.82, 2.24) is 15.4 Å². The van der Waals surface area contributed by atoms with Gasteiger partial charge in [0.1, 0.15) is 5.75 Å². The molecule has 0 atom stereocenters. The quantitative estimate of drug-likeness (QED) is 0.651. The first-order chi connectivity index (χ1) is 9.25. The van der Waals surface area contributed by atoms with Crippen molar-refractivity contribution in [3.8, 4) is 5.75 Å². The van der Waals surface area contributed by atoms with E-state index in [9.17, 15) is 9.90 Å². The Morgan fingerprint density at radius 1 is 1.16 bits per heavy atom. The van der Waals surface area contributed by atoms with Crippen LogP contribution in [0.15, 0.2) is 42.6 Å². The van der Waals surface area contributed by atoms with E-state index in [1.165, 1.54) is 6.20 Å². The zero-order valence-electron chi connectivity index (χ0n) is 9.79. The molecule has 0 saturated heterocycles. The van der Waals surface area contributed by atoms with Crippen LogP contribution in [-0.2, 0) is 0 Å². The Balaban J connectivity index is 2.02. The number of fused-ring (bicyclic) bond motifs is 1. The third-order valence-corrected chi connectivity index (χ3v) is 2.79. The molecule has 0 aliphatic heterocycles. The van der Waals surface area contributed by atoms with Crippen molar-refractivity contribution in [2.75, 3.05) is 5.32 Å². The number of phenolic OH excluding ortho intramolecular Hbond substituents is 1. The number of benzene rings is 2. The number of carbonyl (C=O) groups is 1. The molecule has 6 heteroatoms. The molecule has 3 N–H and O–H groups in total. The summed E-state index contributed by atoms with van der Waals surface area (Å²) in [5.41, 5.74) is 0.818. The summed E-state index contributed by atoms with van der Waals surface area (Å²) in [7, 11) is 0. The first kappa shape index (κ1) is 11.2. The summed E-state index contributed by atoms with van der Waals surface area (Å²) in [5.74, 6) is -0.181. The zero-order chi connectivity index (χ0) is 13.2. The maximum Gasteiger partial charge on any atom is 0.277 e. The van der Waals surface area contributed by atoms with Gasteiger partial charge in [-0.2, -0.15) is 15.4 Å². The van der Waals surface area contributed by atoms with Crippen molar-refractivity contribution in [3.63, 3.8) is 0 Å². The molecule has 0 fully saturated rings. The van der Waals surface area contributed by atoms with Gasteiger partial charge in [0, 0.05) is 16.5 Å². The second kappa shape index (κ2) is 4.41. The van der Waals surface area contributed by atoms with Crippen LogP contribution in [-0.4, -0.2) is 26.4 Å². The van der Waals surface area contributed by atoms with Crippen LogP contribution in [0.3, 0.4) is 0 Å². The number of anilines is 1. The van der Waals surface area contributed by atoms with Gasteiger partial charge in [-0.1, -0.05) is 24.3 Å². The SMILES string of the molecule is O=C(Nc1cccc2c(O)cccc12)c1cn[nH]n1. The zero-order valence-corrected chi connectivity index (χ0v) is 9.79. The Bertz CT molecular complexity index is 737. The number of aromatic amines is 1. The van der Waals surface area contributed by atoms with Crippen LogP contribution in [0.5, 0.6) is 5.75 Å². The van der Waals surface area contributed by atoms with E-state index in [1.54, 1.807) is 30.3 Å². The minimum Gasteiger partial charge on any atom is -0.507 e. The molecule has 1 aromatic heterocycles. The van der Waals surface area contributed by atoms with Crippen LogP contribution in [0, 0.1) is 0 Å². The summed E-state index contributed by atoms with van der Waals surface area (Å²) in [4.78, 5) is 11.9. The number of hydrogen-bond donors (Lipinski definition) is 3. The predicted octanol–water partition coefficient (Wildman–Crippen LogP) is 1.92. The molecule has 0 saturated carbocycles. The smallest absolute Gasteiger partial charge is 0.277 e. The van der Waals surface area contributed by atoms with E-state index in [0.29, 0.717) is 11.1 Å². The van der Waals surface area contributed by atoms with Crippen LogP contribution < -0.4 is 5.32 Å². The fraction of sp³-hybridized carbons (Fsp3) is 0. The molecule has 1 heterocycles. The fourth-order valence-electron chi connectivity index (χ4n) is 1.90. The third-order valence-electron chi connectivity index (χ3n) is 2.79. The maximum absolute atomic E-state index is 11.9. The molecule has 0 radical (unpaired) electrons. The van der Waals surface area contributed by atoms with Crippen molar-refractivity contribution in [2.45, 2.75) is 0 Å². The average Bonchev–Trinajstić information content (AvgIpc) is 2.94. The van der Waals surface area contributed by atoms with Crippen LogP contribution >= 0.6 is 0 Å². The van der Waals surface area contributed by atoms with Crippen molar-refractivity contribution >= 4 is 22.4 Å². The molecule has 19 heavy (non-hydrogen) atoms. The minimum absolute atomic E-state index is 0.176. The lowest BCUT2D eigenvalue weighted by atomic mass is 10.1. The summed E-state index contributed by atoms with van der Waals surface area (Å²) in [6, 6.07) is 10.5. The van der Waals surface area contributed by atoms with E-state index in [4.69, 9.17) is 0 Å². The van der Waals surface area contributed by atoms with Gasteiger partial charge >= 0.3 is 0 Å². The number of aromatic hydroxyl groups is 1. The Kier molecular flexibility index (Phi) is 2.60. The fourth-order valence-corrected chi connectivity index (χ4v) is 1.90. The summed E-state index contributed by atoms with van der Waals surface area (Å²) in [5, 5.41) is 23.6. The lowest BCUT2D eigenvalue weighted by Crippen LogP contribution is -2.12. The molecule has 3 aromatic rings. The van der Waals surface area contributed by atoms with Gasteiger partial charge in [-0.05, 0) is 12.1 Å². The van der Waals surface area contributed by atoms with Gasteiger partial charge in [-0.3, -0.25) is 4.79 Å². The van der Waals surface area contributed by atoms with Crippen molar-refractivity contribution in [1.29, 1.82) is 0 Å². The summed E-state index contributed by atoms with van der Waals surface area (Å²) >= 11 is 0. The molecule has 0 bridgehead atoms. The van der Waals surface area contributed by atoms with Gasteiger partial charge in [0.25, 0.3) is 5.91 Å². The maximum atomic E-state index is 11.9. The van der Waals surface area contributed by atoms with E-state index in [-0.39, 0.29) is 17.4 Å². The monoisotopic (exact) mass is 254 g/mol. The van der Waals surface area contributed by atoms with Crippen molar-refractivity contribution in [2.24, 2.45) is 0 Å². The van der Waals surface area contributed by atoms with E-state index in [1.807, 2.05) is 6.07 Å². The normalized spacial score (nSPS) is 10.5. The Hall–Kier alpha value is -2.89. The Labute approximate surface area is 108 Å². The first-order valence-corrected chi connectivity index (χ1v) is 5.63. The molecule has 94 valence electrons. The number of hydrogen-bond acceptors (Lipinski definition) is 4. The van der Waals surface area contributed by atoms with Crippen LogP contribution in [0.25, 0.3) is 10.8 Å². The van der Waals surface area contributed by atoms with Crippen molar-refractivity contribution < 1.29 is 9.90 Å². The molecule has 0 unspecified atom stereocenters. The number of amides is 1. The highest BCUT2D eigenvalue weighted by Crippen LogP contribution is 2.29. The minimum atomic E-state index is -0.357. The standard InChI is InChI=1S/C13H10N4O2/c18-12-6-2-3-8-9(12)4-1-5-10(8)15-13(19)11-7-14-17-16-11/h1-7,18H,(H,15,19)(H,14,16,17). The topological polar surface area (TPSA) is 90.9 Å². The lowest BCUT2D eigenvalue weighted by Gasteiger charge is -2.08. The second-order valence-electron chi connectivity index (χ2n) is 3.99. The molecule has 0 aliphatic rings. The van der Waals surface area contributed by atoms with Gasteiger partial charge in [-0.15, -0.1) is 0 Å². The molecule has 6 nitrogen and oxygen atoms in total. The average molecular weight is 254 g/mol. The second-order valence-corrected chi connectivity index (χ2v) is 3.99. The lowest BCUT2D eigenvalue weighted by molar-refractivity contribution is 0.102. The van der Waals surface area contributed by atoms with Gasteiger partial charge in [0.2, 0.25) is 0 Å². The van der Waals surface area contributed by atoms with Crippen molar-refractivity contribution in [3.05, 3.63) is 48.3 Å². The third kappa shape index (κ3) is 1.99. The number of carbonyl (C=O) groups excluding carboxylic acids is 1. The van der Waals surface area contributed by atoms with Crippen LogP contribution in [0.2, 0.25) is 0 Å². The molecule has 1 amide bonds. The van der Waals surface area contributed by atoms with E-state index in [2.05, 4.69) is 20.7 Å². The molecule has 3 rings (SSSR count). The predicted molar refractivity (Wildman–Crippen MR) is 69.9 cm³/mol. The highest BCUT2D eigenvalue weighted by atomic mass is 16.3. The van der Waals surface area contributed by atoms with E-state index < -0.39 is 0 Å². The number of nitrogens with one attached hydrogen (secondary N) is 2. The van der Waals surface area contributed by atoms with E-state index in [0.717, 1.165) is 5.39 Å². The van der Waals surface area contributed by atoms with Gasteiger partial charge in [0.05, 0.1) is 6.20 Å². The van der Waals surface area contributed by atoms with Gasteiger partial charge in [-0.25, -0.2) is 0 Å². The molecule has 0 aliphatic carbocycles. The highest BCUT2D eigenvalue weighted by Gasteiger charge is 2.11. The molecule has 0 spiro atoms. The first-order valence-electron chi connectivity index (χ1n) is 5.63. The number of H-pyrrole nitrogens is 1.